The van der Waals surface area contributed by atoms with E-state index in [0.29, 0.717) is 12.8 Å². The first-order chi connectivity index (χ1) is 30.0. The Bertz CT molecular complexity index is 1460. The van der Waals surface area contributed by atoms with E-state index >= 15 is 0 Å². The Morgan fingerprint density at radius 3 is 1.74 bits per heavy atom. The fraction of sp³-hybridized carbons (Fsp3) is 0.826. The zero-order chi connectivity index (χ0) is 45.3. The van der Waals surface area contributed by atoms with Gasteiger partial charge >= 0.3 is 25.5 Å². The van der Waals surface area contributed by atoms with Gasteiger partial charge in [-0.2, -0.15) is 4.98 Å². The summed E-state index contributed by atoms with van der Waals surface area (Å²) in [6.07, 6.45) is 29.0. The van der Waals surface area contributed by atoms with E-state index < -0.39 is 69.3 Å². The highest BCUT2D eigenvalue weighted by atomic mass is 31.2. The third kappa shape index (κ3) is 26.2. The topological polar surface area (TPSA) is 219 Å². The molecule has 0 saturated carbocycles. The van der Waals surface area contributed by atoms with Crippen LogP contribution in [0.2, 0.25) is 0 Å². The van der Waals surface area contributed by atoms with Crippen LogP contribution in [0.25, 0.3) is 0 Å². The Labute approximate surface area is 371 Å². The van der Waals surface area contributed by atoms with Crippen LogP contribution in [-0.4, -0.2) is 80.8 Å². The Hall–Kier alpha value is -2.65. The van der Waals surface area contributed by atoms with E-state index in [1.807, 2.05) is 0 Å². The summed E-state index contributed by atoms with van der Waals surface area (Å²) in [5, 5.41) is 21.0. The van der Waals surface area contributed by atoms with Crippen LogP contribution in [0.1, 0.15) is 200 Å². The van der Waals surface area contributed by atoms with Gasteiger partial charge in [0, 0.05) is 19.0 Å². The first-order valence-electron chi connectivity index (χ1n) is 24.0. The highest BCUT2D eigenvalue weighted by molar-refractivity contribution is 7.47. The van der Waals surface area contributed by atoms with Gasteiger partial charge in [0.1, 0.15) is 30.7 Å². The molecule has 1 fully saturated rings. The molecular formula is C46H82N3O12P. The second-order valence-corrected chi connectivity index (χ2v) is 18.2. The molecule has 358 valence electrons. The summed E-state index contributed by atoms with van der Waals surface area (Å²) in [6, 6.07) is 1.31. The van der Waals surface area contributed by atoms with E-state index in [1.165, 1.54) is 109 Å². The largest absolute Gasteiger partial charge is 0.472 e. The number of carbonyl (C=O) groups is 2. The molecule has 1 aromatic heterocycles. The number of aromatic nitrogens is 2. The van der Waals surface area contributed by atoms with Crippen molar-refractivity contribution in [3.05, 3.63) is 34.9 Å². The number of allylic oxidation sites excluding steroid dienone is 2. The van der Waals surface area contributed by atoms with Gasteiger partial charge in [0.15, 0.2) is 12.3 Å². The minimum atomic E-state index is -4.85. The lowest BCUT2D eigenvalue weighted by Gasteiger charge is -2.21. The third-order valence-corrected chi connectivity index (χ3v) is 12.1. The highest BCUT2D eigenvalue weighted by Gasteiger charge is 2.45. The van der Waals surface area contributed by atoms with E-state index in [1.54, 1.807) is 0 Å². The lowest BCUT2D eigenvalue weighted by molar-refractivity contribution is -0.161. The molecule has 1 aromatic rings. The van der Waals surface area contributed by atoms with Crippen LogP contribution in [0.5, 0.6) is 0 Å². The van der Waals surface area contributed by atoms with Crippen molar-refractivity contribution >= 4 is 25.6 Å². The number of hydrogen-bond acceptors (Lipinski definition) is 13. The monoisotopic (exact) mass is 900 g/mol. The van der Waals surface area contributed by atoms with E-state index in [4.69, 9.17) is 29.0 Å². The summed E-state index contributed by atoms with van der Waals surface area (Å²) in [4.78, 5) is 51.7. The molecule has 1 aliphatic heterocycles. The number of phosphoric ester groups is 1. The van der Waals surface area contributed by atoms with Crippen molar-refractivity contribution in [2.24, 2.45) is 0 Å². The number of rotatable bonds is 39. The van der Waals surface area contributed by atoms with E-state index in [9.17, 15) is 34.1 Å². The number of esters is 2. The van der Waals surface area contributed by atoms with Crippen molar-refractivity contribution in [1.82, 2.24) is 9.55 Å². The Kier molecular flexibility index (Phi) is 31.1. The van der Waals surface area contributed by atoms with Crippen molar-refractivity contribution in [1.29, 1.82) is 0 Å². The summed E-state index contributed by atoms with van der Waals surface area (Å²) in [7, 11) is -4.85. The molecule has 0 spiro atoms. The molecule has 0 aliphatic carbocycles. The number of nitrogens with two attached hydrogens (primary N) is 1. The predicted molar refractivity (Wildman–Crippen MR) is 241 cm³/mol. The number of unbranched alkanes of at least 4 members (excludes halogenated alkanes) is 23. The normalized spacial score (nSPS) is 19.2. The number of hydrogen-bond donors (Lipinski definition) is 4. The quantitative estimate of drug-likeness (QED) is 0.0209. The van der Waals surface area contributed by atoms with Gasteiger partial charge in [-0.05, 0) is 44.6 Å². The standard InChI is InChI=1S/C46H82N3O12P/c1-3-5-7-9-11-13-15-17-18-20-22-24-26-28-30-32-42(51)60-38(35-57-41(50)31-29-27-25-23-21-19-16-14-12-10-8-6-4-2)36-58-62(55,56)59-37-39-43(52)44(53)45(61-39)49-34-33-40(47)48-46(49)54/h17-18,33-34,38-39,43-45,52-53H,3-16,19-32,35-37H2,1-2H3,(H,55,56)(H2,47,48,54)/b18-17-/t38-,39-,43-,44-,45-/m1/s1. The van der Waals surface area contributed by atoms with Gasteiger partial charge in [-0.15, -0.1) is 0 Å². The molecule has 2 heterocycles. The molecule has 6 atom stereocenters. The van der Waals surface area contributed by atoms with E-state index in [2.05, 4.69) is 31.0 Å². The molecule has 16 heteroatoms. The Balaban J connectivity index is 1.77. The second-order valence-electron chi connectivity index (χ2n) is 16.8. The SMILES string of the molecule is CCCCCCCC/C=C\CCCCCCCC(=O)O[C@H](COC(=O)CCCCCCCCCCCCCCC)COP(=O)(O)OC[C@H]1O[C@@H](n2ccc(N)nc2=O)[C@H](O)[C@@H]1O. The van der Waals surface area contributed by atoms with Crippen LogP contribution in [0.15, 0.2) is 29.2 Å². The number of nitrogen functional groups attached to an aromatic ring is 1. The molecule has 1 saturated heterocycles. The highest BCUT2D eigenvalue weighted by Crippen LogP contribution is 2.44. The van der Waals surface area contributed by atoms with Crippen molar-refractivity contribution in [3.8, 4) is 0 Å². The molecule has 0 radical (unpaired) electrons. The molecule has 62 heavy (non-hydrogen) atoms. The molecule has 5 N–H and O–H groups in total. The summed E-state index contributed by atoms with van der Waals surface area (Å²) < 4.78 is 40.5. The molecule has 15 nitrogen and oxygen atoms in total. The summed E-state index contributed by atoms with van der Waals surface area (Å²) in [5.41, 5.74) is 4.69. The van der Waals surface area contributed by atoms with Crippen LogP contribution < -0.4 is 11.4 Å². The van der Waals surface area contributed by atoms with Crippen LogP contribution in [0.4, 0.5) is 5.82 Å². The third-order valence-electron chi connectivity index (χ3n) is 11.1. The molecular weight excluding hydrogens is 817 g/mol. The maximum absolute atomic E-state index is 12.9. The molecule has 1 unspecified atom stereocenters. The maximum atomic E-state index is 12.9. The van der Waals surface area contributed by atoms with Crippen LogP contribution in [-0.2, 0) is 37.4 Å². The number of carbonyl (C=O) groups excluding carboxylic acids is 2. The number of phosphoric acid groups is 1. The zero-order valence-corrected chi connectivity index (χ0v) is 38.9. The number of nitrogens with zero attached hydrogens (tertiary/aromatic N) is 2. The lowest BCUT2D eigenvalue weighted by atomic mass is 10.0. The van der Waals surface area contributed by atoms with Crippen molar-refractivity contribution in [3.63, 3.8) is 0 Å². The van der Waals surface area contributed by atoms with Crippen molar-refractivity contribution in [2.45, 2.75) is 224 Å². The van der Waals surface area contributed by atoms with E-state index in [0.717, 1.165) is 62.4 Å². The fourth-order valence-corrected chi connectivity index (χ4v) is 8.11. The lowest BCUT2D eigenvalue weighted by Crippen LogP contribution is -2.36. The van der Waals surface area contributed by atoms with Gasteiger partial charge in [-0.3, -0.25) is 23.2 Å². The Morgan fingerprint density at radius 2 is 1.23 bits per heavy atom. The predicted octanol–water partition coefficient (Wildman–Crippen LogP) is 9.55. The molecule has 0 aromatic carbocycles. The van der Waals surface area contributed by atoms with E-state index in [-0.39, 0.29) is 25.3 Å². The minimum absolute atomic E-state index is 0.0471. The van der Waals surface area contributed by atoms with Crippen LogP contribution in [0.3, 0.4) is 0 Å². The van der Waals surface area contributed by atoms with Gasteiger partial charge in [-0.25, -0.2) is 9.36 Å². The first-order valence-corrected chi connectivity index (χ1v) is 25.4. The van der Waals surface area contributed by atoms with Gasteiger partial charge in [0.2, 0.25) is 0 Å². The average molecular weight is 900 g/mol. The van der Waals surface area contributed by atoms with Crippen molar-refractivity contribution < 1.29 is 52.5 Å². The minimum Gasteiger partial charge on any atom is -0.462 e. The zero-order valence-electron chi connectivity index (χ0n) is 38.1. The van der Waals surface area contributed by atoms with Crippen LogP contribution >= 0.6 is 7.82 Å². The maximum Gasteiger partial charge on any atom is 0.472 e. The average Bonchev–Trinajstić information content (AvgIpc) is 3.52. The number of anilines is 1. The summed E-state index contributed by atoms with van der Waals surface area (Å²) in [5.74, 6) is -1.06. The molecule has 2 rings (SSSR count). The molecule has 1 aliphatic rings. The van der Waals surface area contributed by atoms with Gasteiger partial charge in [0.25, 0.3) is 0 Å². The first kappa shape index (κ1) is 55.5. The second kappa shape index (κ2) is 34.7. The van der Waals surface area contributed by atoms with Crippen LogP contribution in [0, 0.1) is 0 Å². The summed E-state index contributed by atoms with van der Waals surface area (Å²) in [6.45, 7) is 2.77. The summed E-state index contributed by atoms with van der Waals surface area (Å²) >= 11 is 0. The number of ether oxygens (including phenoxy) is 3. The van der Waals surface area contributed by atoms with Gasteiger partial charge < -0.3 is 35.1 Å². The number of aliphatic hydroxyl groups excluding tert-OH is 2. The van der Waals surface area contributed by atoms with Gasteiger partial charge in [-0.1, -0.05) is 154 Å². The molecule has 0 bridgehead atoms. The fourth-order valence-electron chi connectivity index (χ4n) is 7.34. The Morgan fingerprint density at radius 1 is 0.742 bits per heavy atom. The number of aliphatic hydroxyl groups is 2. The van der Waals surface area contributed by atoms with Gasteiger partial charge in [0.05, 0.1) is 13.2 Å². The molecule has 0 amide bonds. The smallest absolute Gasteiger partial charge is 0.462 e. The van der Waals surface area contributed by atoms with Crippen molar-refractivity contribution in [2.75, 3.05) is 25.6 Å².